The summed E-state index contributed by atoms with van der Waals surface area (Å²) in [7, 11) is 0. The van der Waals surface area contributed by atoms with Crippen LogP contribution in [-0.2, 0) is 5.41 Å². The van der Waals surface area contributed by atoms with Crippen LogP contribution < -0.4 is 0 Å². The van der Waals surface area contributed by atoms with Gasteiger partial charge in [-0.2, -0.15) is 11.8 Å². The summed E-state index contributed by atoms with van der Waals surface area (Å²) in [6.45, 7) is 0. The number of benzene rings is 2. The Morgan fingerprint density at radius 3 is 2.44 bits per heavy atom. The summed E-state index contributed by atoms with van der Waals surface area (Å²) in [5.41, 5.74) is 12.5. The van der Waals surface area contributed by atoms with Crippen LogP contribution in [0.4, 0.5) is 0 Å². The first-order chi connectivity index (χ1) is 25.8. The molecule has 262 valence electrons. The Morgan fingerprint density at radius 1 is 0.712 bits per heavy atom. The lowest BCUT2D eigenvalue weighted by molar-refractivity contribution is 0.168. The minimum absolute atomic E-state index is 0.0286. The van der Waals surface area contributed by atoms with Gasteiger partial charge in [0.1, 0.15) is 0 Å². The maximum absolute atomic E-state index is 2.87. The highest BCUT2D eigenvalue weighted by Crippen LogP contribution is 2.68. The van der Waals surface area contributed by atoms with E-state index in [1.165, 1.54) is 73.5 Å². The molecule has 1 aromatic heterocycles. The fraction of sp³-hybridized carbons (Fsp3) is 0.388. The molecule has 0 bridgehead atoms. The van der Waals surface area contributed by atoms with E-state index in [1.807, 2.05) is 0 Å². The highest BCUT2D eigenvalue weighted by atomic mass is 32.2. The van der Waals surface area contributed by atoms with Gasteiger partial charge in [0.25, 0.3) is 0 Å². The molecule has 52 heavy (non-hydrogen) atoms. The third-order valence-corrected chi connectivity index (χ3v) is 17.2. The summed E-state index contributed by atoms with van der Waals surface area (Å²) < 4.78 is 2.71. The van der Waals surface area contributed by atoms with Gasteiger partial charge in [-0.25, -0.2) is 0 Å². The molecule has 2 aliphatic heterocycles. The van der Waals surface area contributed by atoms with Crippen LogP contribution in [0.5, 0.6) is 0 Å². The third kappa shape index (κ3) is 4.77. The van der Waals surface area contributed by atoms with Gasteiger partial charge in [0.2, 0.25) is 0 Å². The largest absolute Gasteiger partial charge is 0.316 e. The third-order valence-electron chi connectivity index (χ3n) is 14.1. The normalized spacial score (nSPS) is 33.1. The molecule has 0 amide bonds. The van der Waals surface area contributed by atoms with Crippen LogP contribution in [0, 0.1) is 17.8 Å². The van der Waals surface area contributed by atoms with Crippen molar-refractivity contribution >= 4 is 46.2 Å². The molecule has 3 heterocycles. The van der Waals surface area contributed by atoms with Crippen molar-refractivity contribution in [3.8, 4) is 0 Å². The zero-order valence-electron chi connectivity index (χ0n) is 30.2. The zero-order valence-corrected chi connectivity index (χ0v) is 31.8. The Morgan fingerprint density at radius 2 is 1.54 bits per heavy atom. The zero-order chi connectivity index (χ0) is 34.2. The number of fused-ring (bicyclic) bond motifs is 10. The summed E-state index contributed by atoms with van der Waals surface area (Å²) in [5.74, 6) is 2.10. The summed E-state index contributed by atoms with van der Waals surface area (Å²) in [4.78, 5) is 3.25. The smallest absolute Gasteiger partial charge is 0.0534 e. The molecule has 7 unspecified atom stereocenters. The fourth-order valence-corrected chi connectivity index (χ4v) is 15.5. The fourth-order valence-electron chi connectivity index (χ4n) is 12.0. The quantitative estimate of drug-likeness (QED) is 0.266. The standard InChI is InChI=1S/C49H49NS2/c1-3-15-32(16-4-1)33-29-30-46-42(31-33)49(39-23-8-11-27-44(39)51-46)40-24-9-12-28-45(40)52-48-38(22-14-25-41(48)49)37-21-13-20-36-35-19-7-10-26-43(35)50(47(36)37)34-17-5-2-6-18-34/h1-3,5,7,9-10,12-15,17,19-20,24-26,28,31,37-39,42,44,46H,4,6,8,11,16,18,21-23,27,29-30H2. The number of para-hydroxylation sites is 1. The summed E-state index contributed by atoms with van der Waals surface area (Å²) in [6, 6.07) is 19.0. The Hall–Kier alpha value is -3.40. The minimum atomic E-state index is 0.0286. The van der Waals surface area contributed by atoms with Crippen molar-refractivity contribution in [2.24, 2.45) is 17.8 Å². The van der Waals surface area contributed by atoms with Crippen molar-refractivity contribution < 1.29 is 0 Å². The first kappa shape index (κ1) is 32.1. The van der Waals surface area contributed by atoms with E-state index < -0.39 is 0 Å². The van der Waals surface area contributed by atoms with E-state index in [-0.39, 0.29) is 5.41 Å². The topological polar surface area (TPSA) is 4.93 Å². The lowest BCUT2D eigenvalue weighted by Gasteiger charge is -2.61. The number of allylic oxidation sites excluding steroid dienone is 15. The number of nitrogens with zero attached hydrogens (tertiary/aromatic N) is 1. The van der Waals surface area contributed by atoms with Crippen molar-refractivity contribution in [3.63, 3.8) is 0 Å². The van der Waals surface area contributed by atoms with E-state index in [9.17, 15) is 0 Å². The van der Waals surface area contributed by atoms with Gasteiger partial charge in [-0.05, 0) is 116 Å². The molecule has 7 atom stereocenters. The molecular formula is C49H49NS2. The monoisotopic (exact) mass is 715 g/mol. The molecule has 11 rings (SSSR count). The Bertz CT molecular complexity index is 2210. The number of rotatable bonds is 3. The molecular weight excluding hydrogens is 667 g/mol. The van der Waals surface area contributed by atoms with Crippen LogP contribution in [0.2, 0.25) is 0 Å². The molecule has 2 aromatic carbocycles. The number of hydrogen-bond donors (Lipinski definition) is 0. The second kappa shape index (κ2) is 12.9. The van der Waals surface area contributed by atoms with Crippen molar-refractivity contribution in [1.82, 2.24) is 4.57 Å². The highest BCUT2D eigenvalue weighted by Gasteiger charge is 2.61. The van der Waals surface area contributed by atoms with E-state index in [2.05, 4.69) is 143 Å². The number of thioether (sulfide) groups is 2. The van der Waals surface area contributed by atoms with Crippen LogP contribution in [0.25, 0.3) is 22.7 Å². The first-order valence-corrected chi connectivity index (χ1v) is 22.1. The molecule has 3 heteroatoms. The average molecular weight is 716 g/mol. The van der Waals surface area contributed by atoms with E-state index >= 15 is 0 Å². The summed E-state index contributed by atoms with van der Waals surface area (Å²) >= 11 is 4.58. The lowest BCUT2D eigenvalue weighted by atomic mass is 9.51. The van der Waals surface area contributed by atoms with Gasteiger partial charge < -0.3 is 4.57 Å². The van der Waals surface area contributed by atoms with Crippen LogP contribution in [0.15, 0.2) is 136 Å². The van der Waals surface area contributed by atoms with E-state index in [0.29, 0.717) is 28.9 Å². The highest BCUT2D eigenvalue weighted by molar-refractivity contribution is 8.03. The molecule has 1 saturated heterocycles. The minimum Gasteiger partial charge on any atom is -0.316 e. The second-order valence-corrected chi connectivity index (χ2v) is 19.1. The molecule has 8 aliphatic rings. The van der Waals surface area contributed by atoms with Gasteiger partial charge in [-0.1, -0.05) is 122 Å². The molecule has 0 radical (unpaired) electrons. The Balaban J connectivity index is 1.14. The molecule has 2 fully saturated rings. The van der Waals surface area contributed by atoms with E-state index in [1.54, 1.807) is 37.8 Å². The van der Waals surface area contributed by atoms with Crippen LogP contribution in [-0.4, -0.2) is 15.1 Å². The molecule has 6 aliphatic carbocycles. The van der Waals surface area contributed by atoms with Gasteiger partial charge in [-0.3, -0.25) is 0 Å². The van der Waals surface area contributed by atoms with Crippen molar-refractivity contribution in [3.05, 3.63) is 148 Å². The summed E-state index contributed by atoms with van der Waals surface area (Å²) in [6.07, 6.45) is 42.2. The van der Waals surface area contributed by atoms with Gasteiger partial charge in [-0.15, -0.1) is 0 Å². The van der Waals surface area contributed by atoms with Crippen LogP contribution in [0.3, 0.4) is 0 Å². The number of hydrogen-bond acceptors (Lipinski definition) is 2. The molecule has 0 N–H and O–H groups in total. The SMILES string of the molecule is C1=CCCC(C2=CC3C(CC2)SC2CCCCC2C32C3=C(Sc4ccccc42)C(C2CC=Cc4c2n(C2=CC=CCC2)c2ccccc42)CC=C3)=C1. The molecule has 1 spiro atoms. The predicted molar refractivity (Wildman–Crippen MR) is 224 cm³/mol. The first-order valence-electron chi connectivity index (χ1n) is 20.4. The van der Waals surface area contributed by atoms with Crippen molar-refractivity contribution in [1.29, 1.82) is 0 Å². The Labute approximate surface area is 318 Å². The Kier molecular flexibility index (Phi) is 7.94. The lowest BCUT2D eigenvalue weighted by Crippen LogP contribution is -2.57. The second-order valence-electron chi connectivity index (χ2n) is 16.5. The van der Waals surface area contributed by atoms with Gasteiger partial charge >= 0.3 is 0 Å². The molecule has 1 nitrogen and oxygen atoms in total. The summed E-state index contributed by atoms with van der Waals surface area (Å²) in [5, 5.41) is 2.84. The maximum Gasteiger partial charge on any atom is 0.0534 e. The maximum atomic E-state index is 2.87. The predicted octanol–water partition coefficient (Wildman–Crippen LogP) is 13.5. The van der Waals surface area contributed by atoms with Gasteiger partial charge in [0.15, 0.2) is 0 Å². The van der Waals surface area contributed by atoms with E-state index in [0.717, 1.165) is 30.9 Å². The molecule has 1 saturated carbocycles. The van der Waals surface area contributed by atoms with Gasteiger partial charge in [0, 0.05) is 60.9 Å². The van der Waals surface area contributed by atoms with Crippen LogP contribution in [0.1, 0.15) is 99.8 Å². The van der Waals surface area contributed by atoms with Gasteiger partial charge in [0.05, 0.1) is 5.52 Å². The molecule has 3 aromatic rings. The average Bonchev–Trinajstić information content (AvgIpc) is 3.56. The van der Waals surface area contributed by atoms with Crippen molar-refractivity contribution in [2.75, 3.05) is 0 Å². The van der Waals surface area contributed by atoms with Crippen molar-refractivity contribution in [2.45, 2.75) is 104 Å². The van der Waals surface area contributed by atoms with E-state index in [4.69, 9.17) is 0 Å². The van der Waals surface area contributed by atoms with Crippen LogP contribution >= 0.6 is 23.5 Å². The number of aromatic nitrogens is 1.